The van der Waals surface area contributed by atoms with Gasteiger partial charge in [-0.1, -0.05) is 35.9 Å². The molecular formula is C24H27NO5S. The third-order valence-electron chi connectivity index (χ3n) is 5.33. The molecule has 6 nitrogen and oxygen atoms in total. The number of hydrogen-bond acceptors (Lipinski definition) is 5. The number of esters is 1. The van der Waals surface area contributed by atoms with Crippen LogP contribution in [0.15, 0.2) is 35.7 Å². The van der Waals surface area contributed by atoms with Crippen LogP contribution in [0, 0.1) is 25.7 Å². The first kappa shape index (κ1) is 22.7. The maximum atomic E-state index is 13.0. The second kappa shape index (κ2) is 9.47. The Kier molecular flexibility index (Phi) is 6.95. The number of hydrogen-bond donors (Lipinski definition) is 2. The number of rotatable bonds is 6. The van der Waals surface area contributed by atoms with Gasteiger partial charge in [-0.05, 0) is 51.7 Å². The van der Waals surface area contributed by atoms with Gasteiger partial charge in [0.15, 0.2) is 0 Å². The first-order valence-electron chi connectivity index (χ1n) is 10.3. The van der Waals surface area contributed by atoms with Crippen LogP contribution < -0.4 is 5.32 Å². The van der Waals surface area contributed by atoms with Crippen LogP contribution in [0.4, 0.5) is 5.00 Å². The predicted octanol–water partition coefficient (Wildman–Crippen LogP) is 5.20. The normalized spacial score (nSPS) is 18.1. The number of allylic oxidation sites excluding steroid dienone is 2. The van der Waals surface area contributed by atoms with Gasteiger partial charge in [0, 0.05) is 10.9 Å². The highest BCUT2D eigenvalue weighted by atomic mass is 32.1. The first-order valence-corrected chi connectivity index (χ1v) is 11.2. The van der Waals surface area contributed by atoms with Crippen molar-refractivity contribution in [3.05, 3.63) is 52.4 Å². The number of aryl methyl sites for hydroxylation is 2. The number of carbonyl (C=O) groups excluding carboxylic acids is 2. The first-order chi connectivity index (χ1) is 14.7. The number of benzene rings is 1. The minimum Gasteiger partial charge on any atom is -0.481 e. The average molecular weight is 442 g/mol. The lowest BCUT2D eigenvalue weighted by atomic mass is 9.82. The van der Waals surface area contributed by atoms with Crippen molar-refractivity contribution in [3.63, 3.8) is 0 Å². The van der Waals surface area contributed by atoms with Crippen LogP contribution in [0.5, 0.6) is 0 Å². The third-order valence-corrected chi connectivity index (χ3v) is 6.23. The number of anilines is 1. The Morgan fingerprint density at radius 3 is 2.39 bits per heavy atom. The Hall–Kier alpha value is -2.93. The molecule has 2 aromatic rings. The molecule has 0 saturated heterocycles. The van der Waals surface area contributed by atoms with Crippen molar-refractivity contribution in [2.45, 2.75) is 46.6 Å². The van der Waals surface area contributed by atoms with Gasteiger partial charge < -0.3 is 15.2 Å². The summed E-state index contributed by atoms with van der Waals surface area (Å²) < 4.78 is 5.46. The Morgan fingerprint density at radius 2 is 1.77 bits per heavy atom. The van der Waals surface area contributed by atoms with Crippen LogP contribution in [-0.2, 0) is 14.3 Å². The fourth-order valence-electron chi connectivity index (χ4n) is 3.82. The molecule has 0 fully saturated rings. The van der Waals surface area contributed by atoms with E-state index in [0.29, 0.717) is 29.0 Å². The van der Waals surface area contributed by atoms with E-state index in [1.807, 2.05) is 43.5 Å². The monoisotopic (exact) mass is 441 g/mol. The molecular weight excluding hydrogens is 414 g/mol. The van der Waals surface area contributed by atoms with Crippen molar-refractivity contribution in [3.8, 4) is 11.1 Å². The number of nitrogens with one attached hydrogen (secondary N) is 1. The zero-order chi connectivity index (χ0) is 22.7. The van der Waals surface area contributed by atoms with Gasteiger partial charge in [-0.2, -0.15) is 0 Å². The van der Waals surface area contributed by atoms with Crippen molar-refractivity contribution < 1.29 is 24.2 Å². The standard InChI is InChI=1S/C24H27NO5S/c1-13(2)30-24(29)20-19(16-10-9-14(3)11-15(16)4)12-31-22(20)25-21(26)17-7-5-6-8-18(17)23(27)28/h5-6,9-13,17-18H,7-8H2,1-4H3,(H,25,26)(H,27,28)/t17-,18-/m1/s1. The summed E-state index contributed by atoms with van der Waals surface area (Å²) in [6.45, 7) is 7.51. The number of thiophene rings is 1. The zero-order valence-electron chi connectivity index (χ0n) is 18.1. The smallest absolute Gasteiger partial charge is 0.342 e. The summed E-state index contributed by atoms with van der Waals surface area (Å²) in [5.74, 6) is -3.38. The lowest BCUT2D eigenvalue weighted by molar-refractivity contribution is -0.146. The topological polar surface area (TPSA) is 92.7 Å². The summed E-state index contributed by atoms with van der Waals surface area (Å²) >= 11 is 1.24. The molecule has 3 rings (SSSR count). The van der Waals surface area contributed by atoms with E-state index in [9.17, 15) is 19.5 Å². The third kappa shape index (κ3) is 5.05. The van der Waals surface area contributed by atoms with Gasteiger partial charge in [-0.15, -0.1) is 11.3 Å². The highest BCUT2D eigenvalue weighted by Crippen LogP contribution is 2.39. The molecule has 31 heavy (non-hydrogen) atoms. The molecule has 1 aromatic heterocycles. The van der Waals surface area contributed by atoms with E-state index in [1.54, 1.807) is 19.9 Å². The van der Waals surface area contributed by atoms with Gasteiger partial charge in [0.2, 0.25) is 5.91 Å². The van der Waals surface area contributed by atoms with Gasteiger partial charge >= 0.3 is 11.9 Å². The molecule has 0 unspecified atom stereocenters. The van der Waals surface area contributed by atoms with E-state index < -0.39 is 29.7 Å². The Bertz CT molecular complexity index is 1040. The highest BCUT2D eigenvalue weighted by molar-refractivity contribution is 7.15. The molecule has 0 spiro atoms. The summed E-state index contributed by atoms with van der Waals surface area (Å²) in [6, 6.07) is 5.97. The minimum absolute atomic E-state index is 0.303. The Balaban J connectivity index is 1.99. The van der Waals surface area contributed by atoms with Crippen LogP contribution >= 0.6 is 11.3 Å². The lowest BCUT2D eigenvalue weighted by Gasteiger charge is -2.24. The van der Waals surface area contributed by atoms with Crippen LogP contribution in [-0.4, -0.2) is 29.1 Å². The molecule has 0 saturated carbocycles. The summed E-state index contributed by atoms with van der Waals surface area (Å²) in [6.07, 6.45) is 3.96. The second-order valence-corrected chi connectivity index (χ2v) is 8.99. The van der Waals surface area contributed by atoms with E-state index >= 15 is 0 Å². The van der Waals surface area contributed by atoms with Gasteiger partial charge in [0.05, 0.1) is 17.9 Å². The summed E-state index contributed by atoms with van der Waals surface area (Å²) in [4.78, 5) is 37.5. The van der Waals surface area contributed by atoms with Crippen LogP contribution in [0.3, 0.4) is 0 Å². The molecule has 1 aromatic carbocycles. The molecule has 7 heteroatoms. The van der Waals surface area contributed by atoms with Crippen molar-refractivity contribution in [2.24, 2.45) is 11.8 Å². The van der Waals surface area contributed by atoms with Gasteiger partial charge in [-0.3, -0.25) is 9.59 Å². The molecule has 0 bridgehead atoms. The number of carboxylic acid groups (broad SMARTS) is 1. The van der Waals surface area contributed by atoms with E-state index in [4.69, 9.17) is 4.74 Å². The van der Waals surface area contributed by atoms with E-state index in [2.05, 4.69) is 5.32 Å². The number of ether oxygens (including phenoxy) is 1. The predicted molar refractivity (Wildman–Crippen MR) is 121 cm³/mol. The fraction of sp³-hybridized carbons (Fsp3) is 0.375. The maximum absolute atomic E-state index is 13.0. The maximum Gasteiger partial charge on any atom is 0.342 e. The Morgan fingerprint density at radius 1 is 1.10 bits per heavy atom. The Labute approximate surface area is 185 Å². The quantitative estimate of drug-likeness (QED) is 0.475. The van der Waals surface area contributed by atoms with E-state index in [1.165, 1.54) is 11.3 Å². The average Bonchev–Trinajstić information content (AvgIpc) is 3.10. The van der Waals surface area contributed by atoms with Crippen molar-refractivity contribution in [2.75, 3.05) is 5.32 Å². The van der Waals surface area contributed by atoms with Gasteiger partial charge in [0.1, 0.15) is 10.6 Å². The van der Waals surface area contributed by atoms with Crippen molar-refractivity contribution in [1.82, 2.24) is 0 Å². The zero-order valence-corrected chi connectivity index (χ0v) is 18.9. The minimum atomic E-state index is -0.994. The number of aliphatic carboxylic acids is 1. The molecule has 1 aliphatic rings. The second-order valence-electron chi connectivity index (χ2n) is 8.11. The molecule has 1 heterocycles. The van der Waals surface area contributed by atoms with E-state index in [0.717, 1.165) is 16.7 Å². The van der Waals surface area contributed by atoms with Crippen molar-refractivity contribution in [1.29, 1.82) is 0 Å². The van der Waals surface area contributed by atoms with Crippen LogP contribution in [0.2, 0.25) is 0 Å². The largest absolute Gasteiger partial charge is 0.481 e. The number of carboxylic acids is 1. The summed E-state index contributed by atoms with van der Waals surface area (Å²) in [7, 11) is 0. The van der Waals surface area contributed by atoms with Gasteiger partial charge in [-0.25, -0.2) is 4.79 Å². The molecule has 1 amide bonds. The van der Waals surface area contributed by atoms with Crippen LogP contribution in [0.1, 0.15) is 48.2 Å². The molecule has 2 N–H and O–H groups in total. The molecule has 164 valence electrons. The van der Waals surface area contributed by atoms with E-state index in [-0.39, 0.29) is 6.10 Å². The number of carbonyl (C=O) groups is 3. The highest BCUT2D eigenvalue weighted by Gasteiger charge is 2.35. The molecule has 2 atom stereocenters. The fourth-order valence-corrected chi connectivity index (χ4v) is 4.77. The molecule has 1 aliphatic carbocycles. The molecule has 0 radical (unpaired) electrons. The summed E-state index contributed by atoms with van der Waals surface area (Å²) in [5, 5.41) is 14.5. The summed E-state index contributed by atoms with van der Waals surface area (Å²) in [5.41, 5.74) is 4.01. The lowest BCUT2D eigenvalue weighted by Crippen LogP contribution is -2.34. The number of amides is 1. The van der Waals surface area contributed by atoms with Crippen LogP contribution in [0.25, 0.3) is 11.1 Å². The van der Waals surface area contributed by atoms with Crippen molar-refractivity contribution >= 4 is 34.2 Å². The molecule has 0 aliphatic heterocycles. The van der Waals surface area contributed by atoms with Gasteiger partial charge in [0.25, 0.3) is 0 Å². The SMILES string of the molecule is Cc1ccc(-c2csc(NC(=O)[C@@H]3CC=CC[C@H]3C(=O)O)c2C(=O)OC(C)C)c(C)c1.